The Balaban J connectivity index is 1.41. The maximum Gasteiger partial charge on any atom is 0.273 e. The van der Waals surface area contributed by atoms with E-state index in [0.29, 0.717) is 18.5 Å². The Kier molecular flexibility index (Phi) is 5.12. The predicted octanol–water partition coefficient (Wildman–Crippen LogP) is 3.79. The van der Waals surface area contributed by atoms with Gasteiger partial charge in [0.2, 0.25) is 0 Å². The van der Waals surface area contributed by atoms with E-state index in [-0.39, 0.29) is 23.5 Å². The Labute approximate surface area is 167 Å². The highest BCUT2D eigenvalue weighted by atomic mass is 19.1. The molecule has 0 radical (unpaired) electrons. The lowest BCUT2D eigenvalue weighted by Crippen LogP contribution is -2.26. The molecule has 2 N–H and O–H groups in total. The van der Waals surface area contributed by atoms with E-state index in [1.165, 1.54) is 21.7 Å². The van der Waals surface area contributed by atoms with Gasteiger partial charge >= 0.3 is 0 Å². The number of nitrogens with zero attached hydrogens (tertiary/aromatic N) is 3. The van der Waals surface area contributed by atoms with Crippen LogP contribution in [0.15, 0.2) is 54.7 Å². The number of hydrogen-bond donors (Lipinski definition) is 2. The van der Waals surface area contributed by atoms with Crippen molar-refractivity contribution >= 4 is 16.8 Å². The summed E-state index contributed by atoms with van der Waals surface area (Å²) in [6.07, 6.45) is 2.25. The molecule has 1 unspecified atom stereocenters. The van der Waals surface area contributed by atoms with Gasteiger partial charge in [-0.1, -0.05) is 41.6 Å². The molecule has 148 valence electrons. The first-order chi connectivity index (χ1) is 14.0. The summed E-state index contributed by atoms with van der Waals surface area (Å²) in [5.74, 6) is -0.606. The number of H-pyrrole nitrogens is 1. The molecule has 0 aliphatic carbocycles. The van der Waals surface area contributed by atoms with Gasteiger partial charge in [-0.2, -0.15) is 0 Å². The van der Waals surface area contributed by atoms with Crippen molar-refractivity contribution in [2.24, 2.45) is 0 Å². The Morgan fingerprint density at radius 2 is 1.97 bits per heavy atom. The third kappa shape index (κ3) is 3.76. The van der Waals surface area contributed by atoms with Crippen LogP contribution in [0.25, 0.3) is 10.9 Å². The van der Waals surface area contributed by atoms with Crippen LogP contribution in [0.5, 0.6) is 0 Å². The Morgan fingerprint density at radius 1 is 1.21 bits per heavy atom. The van der Waals surface area contributed by atoms with Gasteiger partial charge in [-0.15, -0.1) is 5.10 Å². The number of para-hydroxylation sites is 1. The van der Waals surface area contributed by atoms with Gasteiger partial charge in [-0.3, -0.25) is 4.79 Å². The summed E-state index contributed by atoms with van der Waals surface area (Å²) in [5.41, 5.74) is 4.10. The fourth-order valence-electron chi connectivity index (χ4n) is 3.57. The van der Waals surface area contributed by atoms with Crippen molar-refractivity contribution in [1.82, 2.24) is 25.3 Å². The van der Waals surface area contributed by atoms with Crippen LogP contribution in [0.1, 0.15) is 40.3 Å². The second kappa shape index (κ2) is 7.87. The minimum atomic E-state index is -0.362. The zero-order valence-corrected chi connectivity index (χ0v) is 16.3. The molecule has 2 aromatic carbocycles. The molecule has 7 heteroatoms. The van der Waals surface area contributed by atoms with Crippen LogP contribution < -0.4 is 5.32 Å². The molecule has 6 nitrogen and oxygen atoms in total. The highest BCUT2D eigenvalue weighted by Crippen LogP contribution is 2.22. The van der Waals surface area contributed by atoms with Crippen molar-refractivity contribution in [3.8, 4) is 0 Å². The SMILES string of the molecule is Cc1[nH]c2ccccc2c1CCNC(=O)c1cn(C(C)c2ccccc2F)nn1. The smallest absolute Gasteiger partial charge is 0.273 e. The van der Waals surface area contributed by atoms with Gasteiger partial charge < -0.3 is 10.3 Å². The lowest BCUT2D eigenvalue weighted by molar-refractivity contribution is 0.0949. The second-order valence-electron chi connectivity index (χ2n) is 7.06. The minimum Gasteiger partial charge on any atom is -0.358 e. The first-order valence-electron chi connectivity index (χ1n) is 9.55. The lowest BCUT2D eigenvalue weighted by atomic mass is 10.1. The maximum atomic E-state index is 14.0. The van der Waals surface area contributed by atoms with Crippen molar-refractivity contribution in [2.75, 3.05) is 6.54 Å². The number of aromatic nitrogens is 4. The molecule has 2 aromatic heterocycles. The average molecular weight is 391 g/mol. The van der Waals surface area contributed by atoms with E-state index in [4.69, 9.17) is 0 Å². The van der Waals surface area contributed by atoms with Crippen LogP contribution in [0, 0.1) is 12.7 Å². The summed E-state index contributed by atoms with van der Waals surface area (Å²) in [5, 5.41) is 12.0. The standard InChI is InChI=1S/C22H22FN5O/c1-14-16(18-8-4-6-10-20(18)25-14)11-12-24-22(29)21-13-28(27-26-21)15(2)17-7-3-5-9-19(17)23/h3-10,13,15,25H,11-12H2,1-2H3,(H,24,29). The number of amides is 1. The number of fused-ring (bicyclic) bond motifs is 1. The van der Waals surface area contributed by atoms with Crippen molar-refractivity contribution in [2.45, 2.75) is 26.3 Å². The third-order valence-corrected chi connectivity index (χ3v) is 5.18. The van der Waals surface area contributed by atoms with Gasteiger partial charge in [-0.05, 0) is 38.0 Å². The monoisotopic (exact) mass is 391 g/mol. The van der Waals surface area contributed by atoms with E-state index >= 15 is 0 Å². The molecule has 0 saturated heterocycles. The number of hydrogen-bond acceptors (Lipinski definition) is 3. The largest absolute Gasteiger partial charge is 0.358 e. The van der Waals surface area contributed by atoms with E-state index in [9.17, 15) is 9.18 Å². The Hall–Kier alpha value is -3.48. The van der Waals surface area contributed by atoms with E-state index < -0.39 is 0 Å². The maximum absolute atomic E-state index is 14.0. The third-order valence-electron chi connectivity index (χ3n) is 5.18. The first kappa shape index (κ1) is 18.9. The predicted molar refractivity (Wildman–Crippen MR) is 109 cm³/mol. The highest BCUT2D eigenvalue weighted by Gasteiger charge is 2.17. The number of aromatic amines is 1. The lowest BCUT2D eigenvalue weighted by Gasteiger charge is -2.12. The number of carbonyl (C=O) groups is 1. The molecular weight excluding hydrogens is 369 g/mol. The molecular formula is C22H22FN5O. The molecule has 0 bridgehead atoms. The number of benzene rings is 2. The molecule has 2 heterocycles. The molecule has 0 fully saturated rings. The summed E-state index contributed by atoms with van der Waals surface area (Å²) in [7, 11) is 0. The molecule has 0 spiro atoms. The summed E-state index contributed by atoms with van der Waals surface area (Å²) >= 11 is 0. The quantitative estimate of drug-likeness (QED) is 0.525. The molecule has 29 heavy (non-hydrogen) atoms. The van der Waals surface area contributed by atoms with Crippen LogP contribution in [-0.2, 0) is 6.42 Å². The summed E-state index contributed by atoms with van der Waals surface area (Å²) in [6, 6.07) is 14.3. The van der Waals surface area contributed by atoms with Crippen LogP contribution in [0.2, 0.25) is 0 Å². The minimum absolute atomic E-state index is 0.212. The van der Waals surface area contributed by atoms with Crippen molar-refractivity contribution in [3.05, 3.63) is 83.1 Å². The van der Waals surface area contributed by atoms with Gasteiger partial charge in [0.15, 0.2) is 5.69 Å². The Morgan fingerprint density at radius 3 is 2.79 bits per heavy atom. The van der Waals surface area contributed by atoms with Crippen LogP contribution >= 0.6 is 0 Å². The second-order valence-corrected chi connectivity index (χ2v) is 7.06. The molecule has 0 aliphatic heterocycles. The van der Waals surface area contributed by atoms with Gasteiger partial charge in [0.05, 0.1) is 12.2 Å². The molecule has 0 saturated carbocycles. The summed E-state index contributed by atoms with van der Waals surface area (Å²) in [6.45, 7) is 4.33. The Bertz CT molecular complexity index is 1160. The zero-order chi connectivity index (χ0) is 20.4. The number of rotatable bonds is 6. The normalized spacial score (nSPS) is 12.2. The first-order valence-corrected chi connectivity index (χ1v) is 9.55. The van der Waals surface area contributed by atoms with Gasteiger partial charge in [0, 0.05) is 28.7 Å². The fraction of sp³-hybridized carbons (Fsp3) is 0.227. The van der Waals surface area contributed by atoms with E-state index in [1.807, 2.05) is 32.0 Å². The van der Waals surface area contributed by atoms with Crippen molar-refractivity contribution < 1.29 is 9.18 Å². The van der Waals surface area contributed by atoms with Crippen molar-refractivity contribution in [3.63, 3.8) is 0 Å². The molecule has 4 rings (SSSR count). The van der Waals surface area contributed by atoms with E-state index in [1.54, 1.807) is 24.4 Å². The van der Waals surface area contributed by atoms with Gasteiger partial charge in [-0.25, -0.2) is 9.07 Å². The summed E-state index contributed by atoms with van der Waals surface area (Å²) < 4.78 is 15.5. The average Bonchev–Trinajstić information content (AvgIpc) is 3.33. The van der Waals surface area contributed by atoms with Gasteiger partial charge in [0.25, 0.3) is 5.91 Å². The van der Waals surface area contributed by atoms with E-state index in [2.05, 4.69) is 26.7 Å². The van der Waals surface area contributed by atoms with E-state index in [0.717, 1.165) is 11.2 Å². The van der Waals surface area contributed by atoms with Crippen LogP contribution in [-0.4, -0.2) is 32.4 Å². The molecule has 0 aliphatic rings. The number of aryl methyl sites for hydroxylation is 1. The molecule has 4 aromatic rings. The number of carbonyl (C=O) groups excluding carboxylic acids is 1. The number of nitrogens with one attached hydrogen (secondary N) is 2. The fourth-order valence-corrected chi connectivity index (χ4v) is 3.57. The molecule has 1 amide bonds. The molecule has 1 atom stereocenters. The highest BCUT2D eigenvalue weighted by molar-refractivity contribution is 5.92. The van der Waals surface area contributed by atoms with Crippen LogP contribution in [0.4, 0.5) is 4.39 Å². The number of halogens is 1. The van der Waals surface area contributed by atoms with Crippen molar-refractivity contribution in [1.29, 1.82) is 0 Å². The zero-order valence-electron chi connectivity index (χ0n) is 16.3. The van der Waals surface area contributed by atoms with Crippen LogP contribution in [0.3, 0.4) is 0 Å². The van der Waals surface area contributed by atoms with Gasteiger partial charge in [0.1, 0.15) is 5.82 Å². The summed E-state index contributed by atoms with van der Waals surface area (Å²) in [4.78, 5) is 15.8. The topological polar surface area (TPSA) is 75.6 Å².